The lowest BCUT2D eigenvalue weighted by Crippen LogP contribution is -2.02. The number of nitrogen functional groups attached to an aromatic ring is 1. The van der Waals surface area contributed by atoms with Gasteiger partial charge in [0.05, 0.1) is 0 Å². The van der Waals surface area contributed by atoms with Crippen molar-refractivity contribution in [1.29, 1.82) is 0 Å². The van der Waals surface area contributed by atoms with Gasteiger partial charge in [0.2, 0.25) is 0 Å². The van der Waals surface area contributed by atoms with Gasteiger partial charge < -0.3 is 10.8 Å². The molecule has 0 saturated heterocycles. The minimum Gasteiger partial charge on any atom is -0.478 e. The van der Waals surface area contributed by atoms with E-state index in [1.807, 2.05) is 0 Å². The summed E-state index contributed by atoms with van der Waals surface area (Å²) in [5, 5.41) is 9.23. The average Bonchev–Trinajstić information content (AvgIpc) is 2.41. The molecule has 114 valence electrons. The number of carboxylic acids is 1. The summed E-state index contributed by atoms with van der Waals surface area (Å²) < 4.78 is 40.3. The molecule has 2 aromatic rings. The molecule has 0 aliphatic carbocycles. The fourth-order valence-corrected chi connectivity index (χ4v) is 2.11. The van der Waals surface area contributed by atoms with E-state index in [0.29, 0.717) is 23.2 Å². The van der Waals surface area contributed by atoms with Crippen molar-refractivity contribution in [1.82, 2.24) is 0 Å². The third-order valence-electron chi connectivity index (χ3n) is 2.87. The average molecular weight is 328 g/mol. The monoisotopic (exact) mass is 327 g/mol. The van der Waals surface area contributed by atoms with Crippen LogP contribution in [0.15, 0.2) is 36.4 Å². The van der Waals surface area contributed by atoms with Gasteiger partial charge in [0.1, 0.15) is 5.82 Å². The van der Waals surface area contributed by atoms with Crippen LogP contribution in [0.25, 0.3) is 5.57 Å². The summed E-state index contributed by atoms with van der Waals surface area (Å²) in [5.41, 5.74) is 5.34. The maximum Gasteiger partial charge on any atom is 0.328 e. The van der Waals surface area contributed by atoms with Crippen molar-refractivity contribution in [2.24, 2.45) is 0 Å². The van der Waals surface area contributed by atoms with Gasteiger partial charge in [-0.05, 0) is 18.2 Å². The van der Waals surface area contributed by atoms with Crippen molar-refractivity contribution in [3.63, 3.8) is 0 Å². The van der Waals surface area contributed by atoms with Crippen molar-refractivity contribution < 1.29 is 23.1 Å². The summed E-state index contributed by atoms with van der Waals surface area (Å²) in [4.78, 5) is 11.0. The molecule has 7 heteroatoms. The van der Waals surface area contributed by atoms with Crippen LogP contribution in [0.1, 0.15) is 11.1 Å². The Bertz CT molecular complexity index is 791. The first kappa shape index (κ1) is 15.9. The molecule has 0 aliphatic rings. The van der Waals surface area contributed by atoms with E-state index in [9.17, 15) is 18.0 Å². The van der Waals surface area contributed by atoms with E-state index < -0.39 is 29.0 Å². The molecule has 0 aromatic heterocycles. The molecule has 0 amide bonds. The lowest BCUT2D eigenvalue weighted by molar-refractivity contribution is -0.131. The Morgan fingerprint density at radius 2 is 1.68 bits per heavy atom. The van der Waals surface area contributed by atoms with Crippen LogP contribution in [-0.2, 0) is 4.79 Å². The van der Waals surface area contributed by atoms with Crippen molar-refractivity contribution >= 4 is 28.8 Å². The summed E-state index contributed by atoms with van der Waals surface area (Å²) in [6.07, 6.45) is 0.662. The van der Waals surface area contributed by atoms with Crippen LogP contribution in [0.3, 0.4) is 0 Å². The van der Waals surface area contributed by atoms with Crippen LogP contribution in [-0.4, -0.2) is 11.1 Å². The Balaban J connectivity index is 2.72. The zero-order chi connectivity index (χ0) is 16.4. The van der Waals surface area contributed by atoms with E-state index in [1.54, 1.807) is 0 Å². The summed E-state index contributed by atoms with van der Waals surface area (Å²) >= 11 is 5.75. The Kier molecular flexibility index (Phi) is 4.42. The van der Waals surface area contributed by atoms with Crippen LogP contribution >= 0.6 is 11.6 Å². The Morgan fingerprint density at radius 1 is 1.05 bits per heavy atom. The van der Waals surface area contributed by atoms with Crippen molar-refractivity contribution in [2.75, 3.05) is 5.73 Å². The molecule has 3 N–H and O–H groups in total. The second-order valence-corrected chi connectivity index (χ2v) is 4.81. The van der Waals surface area contributed by atoms with E-state index in [0.717, 1.165) is 0 Å². The Morgan fingerprint density at radius 3 is 2.27 bits per heavy atom. The molecule has 0 saturated carbocycles. The molecule has 3 nitrogen and oxygen atoms in total. The smallest absolute Gasteiger partial charge is 0.328 e. The number of hydrogen-bond donors (Lipinski definition) is 2. The number of carbonyl (C=O) groups is 1. The van der Waals surface area contributed by atoms with Gasteiger partial charge in [-0.2, -0.15) is 0 Å². The first-order valence-electron chi connectivity index (χ1n) is 5.94. The first-order chi connectivity index (χ1) is 10.3. The number of hydrogen-bond acceptors (Lipinski definition) is 2. The molecule has 0 unspecified atom stereocenters. The highest BCUT2D eigenvalue weighted by Gasteiger charge is 2.18. The predicted molar refractivity (Wildman–Crippen MR) is 76.9 cm³/mol. The van der Waals surface area contributed by atoms with E-state index >= 15 is 0 Å². The van der Waals surface area contributed by atoms with Gasteiger partial charge in [-0.1, -0.05) is 17.7 Å². The van der Waals surface area contributed by atoms with Gasteiger partial charge in [-0.15, -0.1) is 0 Å². The summed E-state index contributed by atoms with van der Waals surface area (Å²) in [5.74, 6) is -5.19. The zero-order valence-corrected chi connectivity index (χ0v) is 11.7. The summed E-state index contributed by atoms with van der Waals surface area (Å²) in [7, 11) is 0. The molecule has 0 spiro atoms. The van der Waals surface area contributed by atoms with E-state index in [1.165, 1.54) is 18.2 Å². The summed E-state index contributed by atoms with van der Waals surface area (Å²) in [6, 6.07) is 5.04. The number of halogens is 4. The van der Waals surface area contributed by atoms with Crippen LogP contribution in [0.4, 0.5) is 18.9 Å². The van der Waals surface area contributed by atoms with Crippen molar-refractivity contribution in [3.05, 3.63) is 70.0 Å². The standard InChI is InChI=1S/C15H9ClF3NO2/c16-7-1-2-8(14(20)3-7)9(5-15(21)22)10-4-12(18)13(19)6-11(10)17/h1-6H,20H2,(H,21,22)/b9-5-. The summed E-state index contributed by atoms with van der Waals surface area (Å²) in [6.45, 7) is 0. The molecule has 2 aromatic carbocycles. The number of nitrogens with two attached hydrogens (primary N) is 1. The van der Waals surface area contributed by atoms with Gasteiger partial charge in [-0.25, -0.2) is 18.0 Å². The maximum atomic E-state index is 13.9. The molecular weight excluding hydrogens is 319 g/mol. The first-order valence-corrected chi connectivity index (χ1v) is 6.32. The van der Waals surface area contributed by atoms with Gasteiger partial charge in [0.25, 0.3) is 0 Å². The maximum absolute atomic E-state index is 13.9. The molecule has 0 atom stereocenters. The fraction of sp³-hybridized carbons (Fsp3) is 0. The fourth-order valence-electron chi connectivity index (χ4n) is 1.93. The molecular formula is C15H9ClF3NO2. The van der Waals surface area contributed by atoms with Crippen molar-refractivity contribution in [3.8, 4) is 0 Å². The van der Waals surface area contributed by atoms with E-state index in [4.69, 9.17) is 22.4 Å². The Labute approximate surface area is 128 Å². The van der Waals surface area contributed by atoms with E-state index in [2.05, 4.69) is 0 Å². The van der Waals surface area contributed by atoms with Gasteiger partial charge in [0, 0.05) is 39.6 Å². The lowest BCUT2D eigenvalue weighted by Gasteiger charge is -2.12. The molecule has 2 rings (SSSR count). The van der Waals surface area contributed by atoms with Crippen LogP contribution < -0.4 is 5.73 Å². The SMILES string of the molecule is Nc1cc(Cl)ccc1/C(=C/C(=O)O)c1cc(F)c(F)cc1F. The second kappa shape index (κ2) is 6.11. The van der Waals surface area contributed by atoms with Gasteiger partial charge >= 0.3 is 5.97 Å². The molecule has 0 aliphatic heterocycles. The number of rotatable bonds is 3. The molecule has 0 bridgehead atoms. The third-order valence-corrected chi connectivity index (χ3v) is 3.11. The van der Waals surface area contributed by atoms with Crippen LogP contribution in [0, 0.1) is 17.5 Å². The minimum absolute atomic E-state index is 0.0733. The van der Waals surface area contributed by atoms with Gasteiger partial charge in [0.15, 0.2) is 11.6 Å². The van der Waals surface area contributed by atoms with Crippen molar-refractivity contribution in [2.45, 2.75) is 0 Å². The number of anilines is 1. The van der Waals surface area contributed by atoms with E-state index in [-0.39, 0.29) is 16.8 Å². The highest BCUT2D eigenvalue weighted by Crippen LogP contribution is 2.32. The molecule has 22 heavy (non-hydrogen) atoms. The molecule has 0 fully saturated rings. The largest absolute Gasteiger partial charge is 0.478 e. The highest BCUT2D eigenvalue weighted by molar-refractivity contribution is 6.31. The van der Waals surface area contributed by atoms with Crippen LogP contribution in [0.2, 0.25) is 5.02 Å². The number of benzene rings is 2. The zero-order valence-electron chi connectivity index (χ0n) is 10.9. The quantitative estimate of drug-likeness (QED) is 0.511. The Hall–Kier alpha value is -2.47. The lowest BCUT2D eigenvalue weighted by atomic mass is 9.95. The normalized spacial score (nSPS) is 11.5. The van der Waals surface area contributed by atoms with Gasteiger partial charge in [-0.3, -0.25) is 0 Å². The minimum atomic E-state index is -1.39. The molecule has 0 heterocycles. The highest BCUT2D eigenvalue weighted by atomic mass is 35.5. The number of carboxylic acid groups (broad SMARTS) is 1. The molecule has 0 radical (unpaired) electrons. The predicted octanol–water partition coefficient (Wildman–Crippen LogP) is 3.86. The van der Waals surface area contributed by atoms with Crippen LogP contribution in [0.5, 0.6) is 0 Å². The topological polar surface area (TPSA) is 63.3 Å². The second-order valence-electron chi connectivity index (χ2n) is 4.37. The third kappa shape index (κ3) is 3.23. The number of aliphatic carboxylic acids is 1.